The van der Waals surface area contributed by atoms with Gasteiger partial charge < -0.3 is 15.1 Å². The highest BCUT2D eigenvalue weighted by Gasteiger charge is 2.21. The van der Waals surface area contributed by atoms with Crippen LogP contribution in [0.4, 0.5) is 17.1 Å². The zero-order chi connectivity index (χ0) is 18.0. The molecule has 1 aromatic carbocycles. The second-order valence-electron chi connectivity index (χ2n) is 6.07. The number of amides is 1. The fraction of sp³-hybridized carbons (Fsp3) is 0.353. The summed E-state index contributed by atoms with van der Waals surface area (Å²) < 4.78 is 0. The van der Waals surface area contributed by atoms with Crippen LogP contribution in [-0.4, -0.2) is 49.0 Å². The van der Waals surface area contributed by atoms with Crippen molar-refractivity contribution in [2.75, 3.05) is 43.4 Å². The fourth-order valence-corrected chi connectivity index (χ4v) is 3.73. The topological polar surface area (TPSA) is 78.7 Å². The average molecular weight is 360 g/mol. The van der Waals surface area contributed by atoms with E-state index >= 15 is 0 Å². The Labute approximate surface area is 150 Å². The molecule has 3 rings (SSSR count). The molecule has 1 aliphatic heterocycles. The number of thiophene rings is 1. The molecule has 25 heavy (non-hydrogen) atoms. The summed E-state index contributed by atoms with van der Waals surface area (Å²) in [5.41, 5.74) is 1.69. The van der Waals surface area contributed by atoms with Crippen LogP contribution in [0, 0.1) is 17.0 Å². The highest BCUT2D eigenvalue weighted by molar-refractivity contribution is 7.14. The van der Waals surface area contributed by atoms with Crippen molar-refractivity contribution in [2.24, 2.45) is 0 Å². The molecule has 0 radical (unpaired) electrons. The Bertz CT molecular complexity index is 797. The quantitative estimate of drug-likeness (QED) is 0.670. The van der Waals surface area contributed by atoms with Gasteiger partial charge in [0.15, 0.2) is 0 Å². The smallest absolute Gasteiger partial charge is 0.283 e. The number of likely N-dealkylation sites (N-methyl/N-ethyl adjacent to an activating group) is 1. The van der Waals surface area contributed by atoms with Gasteiger partial charge in [-0.05, 0) is 26.1 Å². The summed E-state index contributed by atoms with van der Waals surface area (Å²) >= 11 is 1.14. The molecule has 1 fully saturated rings. The molecule has 0 atom stereocenters. The second kappa shape index (κ2) is 7.20. The lowest BCUT2D eigenvalue weighted by atomic mass is 10.2. The van der Waals surface area contributed by atoms with Crippen molar-refractivity contribution >= 4 is 34.3 Å². The standard InChI is InChI=1S/C17H20N4O3S/c1-12-15(21(23)24)11-16(25-12)17(22)18-13-5-3-4-6-14(13)20-9-7-19(2)8-10-20/h3-6,11H,7-10H2,1-2H3,(H,18,22). The van der Waals surface area contributed by atoms with E-state index in [9.17, 15) is 14.9 Å². The summed E-state index contributed by atoms with van der Waals surface area (Å²) in [5, 5.41) is 13.9. The molecular weight excluding hydrogens is 340 g/mol. The maximum absolute atomic E-state index is 12.5. The van der Waals surface area contributed by atoms with Crippen molar-refractivity contribution in [3.8, 4) is 0 Å². The highest BCUT2D eigenvalue weighted by atomic mass is 32.1. The first-order valence-corrected chi connectivity index (χ1v) is 8.86. The maximum Gasteiger partial charge on any atom is 0.283 e. The zero-order valence-electron chi connectivity index (χ0n) is 14.2. The summed E-state index contributed by atoms with van der Waals surface area (Å²) in [6.45, 7) is 5.38. The fourth-order valence-electron chi connectivity index (χ4n) is 2.85. The Morgan fingerprint density at radius 3 is 2.56 bits per heavy atom. The Hall–Kier alpha value is -2.45. The van der Waals surface area contributed by atoms with Crippen LogP contribution in [0.2, 0.25) is 0 Å². The van der Waals surface area contributed by atoms with E-state index in [1.807, 2.05) is 24.3 Å². The molecule has 1 aliphatic rings. The number of nitrogens with one attached hydrogen (secondary N) is 1. The summed E-state index contributed by atoms with van der Waals surface area (Å²) in [6, 6.07) is 9.01. The van der Waals surface area contributed by atoms with Gasteiger partial charge in [0.05, 0.1) is 26.1 Å². The number of carbonyl (C=O) groups excluding carboxylic acids is 1. The van der Waals surface area contributed by atoms with Gasteiger partial charge in [-0.3, -0.25) is 14.9 Å². The van der Waals surface area contributed by atoms with Gasteiger partial charge >= 0.3 is 0 Å². The molecule has 0 aliphatic carbocycles. The van der Waals surface area contributed by atoms with Crippen molar-refractivity contribution < 1.29 is 9.72 Å². The third-order valence-electron chi connectivity index (χ3n) is 4.31. The second-order valence-corrected chi connectivity index (χ2v) is 7.33. The van der Waals surface area contributed by atoms with Gasteiger partial charge in [-0.15, -0.1) is 11.3 Å². The molecule has 132 valence electrons. The molecule has 0 unspecified atom stereocenters. The van der Waals surface area contributed by atoms with E-state index in [0.717, 1.165) is 48.9 Å². The third-order valence-corrected chi connectivity index (χ3v) is 5.35. The van der Waals surface area contributed by atoms with Gasteiger partial charge in [-0.1, -0.05) is 12.1 Å². The van der Waals surface area contributed by atoms with Crippen LogP contribution in [0.3, 0.4) is 0 Å². The molecule has 0 saturated carbocycles. The largest absolute Gasteiger partial charge is 0.367 e. The molecule has 2 aromatic rings. The first-order chi connectivity index (χ1) is 12.0. The molecule has 8 heteroatoms. The monoisotopic (exact) mass is 360 g/mol. The molecule has 1 aromatic heterocycles. The summed E-state index contributed by atoms with van der Waals surface area (Å²) in [6.07, 6.45) is 0. The SMILES string of the molecule is Cc1sc(C(=O)Nc2ccccc2N2CCN(C)CC2)cc1[N+](=O)[O-]. The summed E-state index contributed by atoms with van der Waals surface area (Å²) in [4.78, 5) is 28.4. The molecule has 0 spiro atoms. The highest BCUT2D eigenvalue weighted by Crippen LogP contribution is 2.31. The van der Waals surface area contributed by atoms with Gasteiger partial charge in [0.2, 0.25) is 0 Å². The average Bonchev–Trinajstić information content (AvgIpc) is 2.98. The lowest BCUT2D eigenvalue weighted by molar-refractivity contribution is -0.385. The molecule has 2 heterocycles. The minimum Gasteiger partial charge on any atom is -0.367 e. The molecule has 7 nitrogen and oxygen atoms in total. The van der Waals surface area contributed by atoms with Crippen LogP contribution < -0.4 is 10.2 Å². The van der Waals surface area contributed by atoms with Crippen LogP contribution in [-0.2, 0) is 0 Å². The van der Waals surface area contributed by atoms with Gasteiger partial charge in [-0.2, -0.15) is 0 Å². The van der Waals surface area contributed by atoms with Crippen LogP contribution >= 0.6 is 11.3 Å². The van der Waals surface area contributed by atoms with Gasteiger partial charge in [-0.25, -0.2) is 0 Å². The molecule has 1 N–H and O–H groups in total. The van der Waals surface area contributed by atoms with E-state index in [2.05, 4.69) is 22.2 Å². The Morgan fingerprint density at radius 1 is 1.24 bits per heavy atom. The number of piperazine rings is 1. The first kappa shape index (κ1) is 17.4. The van der Waals surface area contributed by atoms with Gasteiger partial charge in [0.1, 0.15) is 0 Å². The Kier molecular flexibility index (Phi) is 5.00. The van der Waals surface area contributed by atoms with E-state index in [-0.39, 0.29) is 11.6 Å². The number of hydrogen-bond acceptors (Lipinski definition) is 6. The predicted molar refractivity (Wildman–Crippen MR) is 99.8 cm³/mol. The van der Waals surface area contributed by atoms with Gasteiger partial charge in [0, 0.05) is 32.2 Å². The first-order valence-electron chi connectivity index (χ1n) is 8.04. The van der Waals surface area contributed by atoms with E-state index in [0.29, 0.717) is 9.75 Å². The number of para-hydroxylation sites is 2. The third kappa shape index (κ3) is 3.80. The van der Waals surface area contributed by atoms with Crippen molar-refractivity contribution in [3.63, 3.8) is 0 Å². The number of benzene rings is 1. The van der Waals surface area contributed by atoms with Crippen molar-refractivity contribution in [2.45, 2.75) is 6.92 Å². The Morgan fingerprint density at radius 2 is 1.92 bits per heavy atom. The van der Waals surface area contributed by atoms with Crippen molar-refractivity contribution in [1.29, 1.82) is 0 Å². The van der Waals surface area contributed by atoms with Crippen LogP contribution in [0.15, 0.2) is 30.3 Å². The van der Waals surface area contributed by atoms with Crippen LogP contribution in [0.25, 0.3) is 0 Å². The lowest BCUT2D eigenvalue weighted by Gasteiger charge is -2.35. The summed E-state index contributed by atoms with van der Waals surface area (Å²) in [5.74, 6) is -0.317. The normalized spacial score (nSPS) is 15.2. The molecular formula is C17H20N4O3S. The maximum atomic E-state index is 12.5. The van der Waals surface area contributed by atoms with Crippen molar-refractivity contribution in [1.82, 2.24) is 4.90 Å². The van der Waals surface area contributed by atoms with Crippen LogP contribution in [0.5, 0.6) is 0 Å². The van der Waals surface area contributed by atoms with Crippen LogP contribution in [0.1, 0.15) is 14.5 Å². The number of rotatable bonds is 4. The minimum absolute atomic E-state index is 0.0116. The number of carbonyl (C=O) groups is 1. The van der Waals surface area contributed by atoms with E-state index in [1.165, 1.54) is 6.07 Å². The number of aryl methyl sites for hydroxylation is 1. The summed E-state index contributed by atoms with van der Waals surface area (Å²) in [7, 11) is 2.09. The number of anilines is 2. The van der Waals surface area contributed by atoms with Crippen molar-refractivity contribution in [3.05, 3.63) is 50.2 Å². The zero-order valence-corrected chi connectivity index (χ0v) is 15.0. The van der Waals surface area contributed by atoms with E-state index < -0.39 is 4.92 Å². The molecule has 0 bridgehead atoms. The number of hydrogen-bond donors (Lipinski definition) is 1. The minimum atomic E-state index is -0.458. The molecule has 1 saturated heterocycles. The number of nitrogens with zero attached hydrogens (tertiary/aromatic N) is 3. The lowest BCUT2D eigenvalue weighted by Crippen LogP contribution is -2.44. The van der Waals surface area contributed by atoms with E-state index in [1.54, 1.807) is 6.92 Å². The van der Waals surface area contributed by atoms with E-state index in [4.69, 9.17) is 0 Å². The van der Waals surface area contributed by atoms with Gasteiger partial charge in [0.25, 0.3) is 11.6 Å². The predicted octanol–water partition coefficient (Wildman–Crippen LogP) is 2.97. The molecule has 1 amide bonds. The Balaban J connectivity index is 1.80. The number of nitro groups is 1.